The summed E-state index contributed by atoms with van der Waals surface area (Å²) in [6.07, 6.45) is 8.35. The molecule has 31 heavy (non-hydrogen) atoms. The van der Waals surface area contributed by atoms with Gasteiger partial charge in [0.25, 0.3) is 0 Å². The third kappa shape index (κ3) is 5.22. The van der Waals surface area contributed by atoms with Crippen molar-refractivity contribution in [2.45, 2.75) is 50.6 Å². The highest BCUT2D eigenvalue weighted by Gasteiger charge is 2.21. The van der Waals surface area contributed by atoms with Crippen LogP contribution < -0.4 is 11.0 Å². The van der Waals surface area contributed by atoms with Crippen molar-refractivity contribution in [3.8, 4) is 0 Å². The Morgan fingerprint density at radius 3 is 2.68 bits per heavy atom. The largest absolute Gasteiger partial charge is 0.349 e. The van der Waals surface area contributed by atoms with E-state index in [4.69, 9.17) is 0 Å². The summed E-state index contributed by atoms with van der Waals surface area (Å²) in [7, 11) is 0. The molecule has 2 heterocycles. The summed E-state index contributed by atoms with van der Waals surface area (Å²) in [5.74, 6) is 0.126. The van der Waals surface area contributed by atoms with Crippen LogP contribution in [0.4, 0.5) is 5.69 Å². The zero-order valence-electron chi connectivity index (χ0n) is 17.6. The van der Waals surface area contributed by atoms with Gasteiger partial charge in [0, 0.05) is 29.3 Å². The Kier molecular flexibility index (Phi) is 6.82. The first-order valence-corrected chi connectivity index (χ1v) is 11.7. The fraction of sp³-hybridized carbons (Fsp3) is 0.333. The fourth-order valence-electron chi connectivity index (χ4n) is 3.86. The van der Waals surface area contributed by atoms with Gasteiger partial charge in [-0.05, 0) is 61.4 Å². The number of hydrogen-bond acceptors (Lipinski definition) is 5. The van der Waals surface area contributed by atoms with Crippen molar-refractivity contribution in [1.29, 1.82) is 0 Å². The molecule has 6 nitrogen and oxygen atoms in total. The maximum Gasteiger partial charge on any atom is 0.349 e. The van der Waals surface area contributed by atoms with Crippen molar-refractivity contribution in [3.05, 3.63) is 81.7 Å². The third-order valence-electron chi connectivity index (χ3n) is 5.50. The van der Waals surface area contributed by atoms with Crippen LogP contribution in [0.5, 0.6) is 0 Å². The van der Waals surface area contributed by atoms with Gasteiger partial charge in [-0.15, -0.1) is 0 Å². The first-order valence-electron chi connectivity index (χ1n) is 10.7. The summed E-state index contributed by atoms with van der Waals surface area (Å²) in [5.41, 5.74) is 4.89. The van der Waals surface area contributed by atoms with E-state index in [0.29, 0.717) is 11.6 Å². The first-order chi connectivity index (χ1) is 15.1. The van der Waals surface area contributed by atoms with Crippen molar-refractivity contribution >= 4 is 23.4 Å². The van der Waals surface area contributed by atoms with E-state index in [1.54, 1.807) is 17.0 Å². The molecule has 0 bridgehead atoms. The normalized spacial score (nSPS) is 12.9. The first kappa shape index (κ1) is 21.3. The van der Waals surface area contributed by atoms with E-state index in [0.717, 1.165) is 54.6 Å². The minimum atomic E-state index is -0.262. The molecule has 0 atom stereocenters. The fourth-order valence-corrected chi connectivity index (χ4v) is 4.74. The van der Waals surface area contributed by atoms with Crippen molar-refractivity contribution < 1.29 is 4.79 Å². The highest BCUT2D eigenvalue weighted by Crippen LogP contribution is 2.28. The van der Waals surface area contributed by atoms with Crippen LogP contribution in [0.1, 0.15) is 42.1 Å². The number of pyridine rings is 1. The lowest BCUT2D eigenvalue weighted by atomic mass is 9.97. The van der Waals surface area contributed by atoms with E-state index < -0.39 is 0 Å². The van der Waals surface area contributed by atoms with Crippen molar-refractivity contribution in [2.75, 3.05) is 11.1 Å². The average Bonchev–Trinajstić information content (AvgIpc) is 2.81. The third-order valence-corrected chi connectivity index (χ3v) is 6.52. The number of nitrogens with zero attached hydrogens (tertiary/aromatic N) is 3. The van der Waals surface area contributed by atoms with Gasteiger partial charge in [-0.1, -0.05) is 36.9 Å². The van der Waals surface area contributed by atoms with E-state index in [9.17, 15) is 9.59 Å². The number of amides is 1. The highest BCUT2D eigenvalue weighted by molar-refractivity contribution is 8.00. The van der Waals surface area contributed by atoms with Crippen molar-refractivity contribution in [1.82, 2.24) is 14.5 Å². The zero-order valence-corrected chi connectivity index (χ0v) is 18.5. The Morgan fingerprint density at radius 2 is 1.94 bits per heavy atom. The summed E-state index contributed by atoms with van der Waals surface area (Å²) < 4.78 is 1.77. The highest BCUT2D eigenvalue weighted by atomic mass is 32.2. The van der Waals surface area contributed by atoms with Crippen LogP contribution in [0.2, 0.25) is 0 Å². The number of aryl methyl sites for hydroxylation is 1. The number of rotatable bonds is 7. The van der Waals surface area contributed by atoms with Crippen LogP contribution >= 0.6 is 11.8 Å². The monoisotopic (exact) mass is 434 g/mol. The summed E-state index contributed by atoms with van der Waals surface area (Å²) >= 11 is 1.35. The van der Waals surface area contributed by atoms with Crippen LogP contribution in [0, 0.1) is 0 Å². The maximum absolute atomic E-state index is 12.8. The predicted octanol–water partition coefficient (Wildman–Crippen LogP) is 3.86. The van der Waals surface area contributed by atoms with Crippen molar-refractivity contribution in [2.24, 2.45) is 0 Å². The van der Waals surface area contributed by atoms with E-state index in [2.05, 4.69) is 22.2 Å². The number of thioether (sulfide) groups is 1. The second-order valence-corrected chi connectivity index (χ2v) is 8.63. The summed E-state index contributed by atoms with van der Waals surface area (Å²) in [6, 6.07) is 11.7. The number of nitrogens with one attached hydrogen (secondary N) is 1. The Morgan fingerprint density at radius 1 is 1.13 bits per heavy atom. The van der Waals surface area contributed by atoms with Crippen LogP contribution in [0.15, 0.2) is 58.6 Å². The van der Waals surface area contributed by atoms with Crippen molar-refractivity contribution in [3.63, 3.8) is 0 Å². The van der Waals surface area contributed by atoms with Gasteiger partial charge in [0.05, 0.1) is 12.3 Å². The number of aromatic nitrogens is 3. The molecule has 4 rings (SSSR count). The molecule has 0 aliphatic heterocycles. The quantitative estimate of drug-likeness (QED) is 0.451. The van der Waals surface area contributed by atoms with Gasteiger partial charge in [0.15, 0.2) is 0 Å². The molecule has 3 aromatic rings. The molecule has 0 fully saturated rings. The Labute approximate surface area is 186 Å². The van der Waals surface area contributed by atoms with E-state index in [-0.39, 0.29) is 17.3 Å². The van der Waals surface area contributed by atoms with Crippen LogP contribution in [0.3, 0.4) is 0 Å². The number of benzene rings is 1. The molecule has 1 N–H and O–H groups in total. The lowest BCUT2D eigenvalue weighted by Gasteiger charge is -2.22. The molecule has 1 aliphatic carbocycles. The Balaban J connectivity index is 1.50. The molecule has 0 radical (unpaired) electrons. The average molecular weight is 435 g/mol. The molecule has 0 spiro atoms. The molecule has 7 heteroatoms. The number of hydrogen-bond donors (Lipinski definition) is 1. The van der Waals surface area contributed by atoms with Gasteiger partial charge in [-0.25, -0.2) is 4.79 Å². The van der Waals surface area contributed by atoms with Gasteiger partial charge < -0.3 is 5.32 Å². The van der Waals surface area contributed by atoms with Crippen LogP contribution in [-0.2, 0) is 30.6 Å². The lowest BCUT2D eigenvalue weighted by Crippen LogP contribution is -2.30. The molecule has 1 aromatic carbocycles. The molecule has 2 aromatic heterocycles. The lowest BCUT2D eigenvalue weighted by molar-refractivity contribution is -0.113. The predicted molar refractivity (Wildman–Crippen MR) is 124 cm³/mol. The van der Waals surface area contributed by atoms with Gasteiger partial charge in [-0.2, -0.15) is 4.98 Å². The molecule has 0 saturated heterocycles. The molecule has 1 amide bonds. The second-order valence-electron chi connectivity index (χ2n) is 7.67. The van der Waals surface area contributed by atoms with Gasteiger partial charge in [0.1, 0.15) is 5.03 Å². The standard InChI is InChI=1S/C24H26N4O2S/c1-2-17-9-11-19(12-10-17)26-22(29)16-31-23-20-7-3-4-8-21(20)28(24(30)27-23)15-18-6-5-13-25-14-18/h5-6,9-14H,2-4,7-8,15-16H2,1H3,(H,26,29). The summed E-state index contributed by atoms with van der Waals surface area (Å²) in [5, 5.41) is 3.62. The molecular formula is C24H26N4O2S. The zero-order chi connectivity index (χ0) is 21.6. The van der Waals surface area contributed by atoms with E-state index in [1.165, 1.54) is 17.3 Å². The van der Waals surface area contributed by atoms with Gasteiger partial charge in [0.2, 0.25) is 5.91 Å². The Hall–Kier alpha value is -2.93. The summed E-state index contributed by atoms with van der Waals surface area (Å²) in [6.45, 7) is 2.57. The van der Waals surface area contributed by atoms with E-state index >= 15 is 0 Å². The molecule has 1 aliphatic rings. The maximum atomic E-state index is 12.8. The molecule has 0 unspecified atom stereocenters. The molecular weight excluding hydrogens is 408 g/mol. The van der Waals surface area contributed by atoms with Crippen LogP contribution in [0.25, 0.3) is 0 Å². The number of anilines is 1. The molecule has 0 saturated carbocycles. The van der Waals surface area contributed by atoms with Gasteiger partial charge >= 0.3 is 5.69 Å². The smallest absolute Gasteiger partial charge is 0.325 e. The number of carbonyl (C=O) groups excluding carboxylic acids is 1. The number of fused-ring (bicyclic) bond motifs is 1. The second kappa shape index (κ2) is 9.92. The van der Waals surface area contributed by atoms with Crippen LogP contribution in [-0.4, -0.2) is 26.2 Å². The number of carbonyl (C=O) groups is 1. The minimum Gasteiger partial charge on any atom is -0.325 e. The summed E-state index contributed by atoms with van der Waals surface area (Å²) in [4.78, 5) is 33.8. The van der Waals surface area contributed by atoms with Gasteiger partial charge in [-0.3, -0.25) is 14.3 Å². The Bertz CT molecular complexity index is 1110. The molecule has 160 valence electrons. The SMILES string of the molecule is CCc1ccc(NC(=O)CSc2nc(=O)n(Cc3cccnc3)c3c2CCCC3)cc1. The topological polar surface area (TPSA) is 76.9 Å². The van der Waals surface area contributed by atoms with E-state index in [1.807, 2.05) is 36.4 Å². The minimum absolute atomic E-state index is 0.0971.